The first-order valence-corrected chi connectivity index (χ1v) is 6.44. The van der Waals surface area contributed by atoms with Gasteiger partial charge in [0.2, 0.25) is 6.10 Å². The van der Waals surface area contributed by atoms with E-state index in [0.29, 0.717) is 0 Å². The van der Waals surface area contributed by atoms with Gasteiger partial charge in [-0.2, -0.15) is 0 Å². The van der Waals surface area contributed by atoms with Crippen LogP contribution in [-0.2, 0) is 25.6 Å². The Bertz CT molecular complexity index is 504. The summed E-state index contributed by atoms with van der Waals surface area (Å²) in [4.78, 5) is 23.1. The van der Waals surface area contributed by atoms with Crippen molar-refractivity contribution in [1.29, 1.82) is 0 Å². The van der Waals surface area contributed by atoms with Crippen LogP contribution in [0.3, 0.4) is 0 Å². The highest BCUT2D eigenvalue weighted by molar-refractivity contribution is 5.80. The molecule has 0 saturated carbocycles. The van der Waals surface area contributed by atoms with Gasteiger partial charge in [-0.3, -0.25) is 0 Å². The Morgan fingerprint density at radius 1 is 1.35 bits per heavy atom. The zero-order chi connectivity index (χ0) is 14.8. The molecule has 2 rings (SSSR count). The van der Waals surface area contributed by atoms with Crippen molar-refractivity contribution < 1.29 is 23.8 Å². The van der Waals surface area contributed by atoms with E-state index in [2.05, 4.69) is 0 Å². The lowest BCUT2D eigenvalue weighted by molar-refractivity contribution is -0.146. The third-order valence-corrected chi connectivity index (χ3v) is 3.20. The number of benzene rings is 1. The molecule has 5 heteroatoms. The Morgan fingerprint density at radius 2 is 2.00 bits per heavy atom. The lowest BCUT2D eigenvalue weighted by Gasteiger charge is -2.21. The summed E-state index contributed by atoms with van der Waals surface area (Å²) in [6.07, 6.45) is -1.77. The van der Waals surface area contributed by atoms with E-state index in [0.717, 1.165) is 11.1 Å². The minimum atomic E-state index is -0.909. The molecule has 0 aromatic heterocycles. The van der Waals surface area contributed by atoms with Gasteiger partial charge in [0.05, 0.1) is 0 Å². The summed E-state index contributed by atoms with van der Waals surface area (Å²) in [6, 6.07) is 7.61. The SMILES string of the molecule is Cc1ccc(COC(=O)O[C@H]2C(=O)OCC2(C)C)cc1. The highest BCUT2D eigenvalue weighted by atomic mass is 16.7. The van der Waals surface area contributed by atoms with Crippen LogP contribution in [-0.4, -0.2) is 24.8 Å². The molecule has 0 unspecified atom stereocenters. The van der Waals surface area contributed by atoms with Crippen LogP contribution in [0.2, 0.25) is 0 Å². The maximum absolute atomic E-state index is 11.6. The maximum Gasteiger partial charge on any atom is 0.509 e. The number of carbonyl (C=O) groups excluding carboxylic acids is 2. The molecule has 1 atom stereocenters. The summed E-state index contributed by atoms with van der Waals surface area (Å²) in [7, 11) is 0. The zero-order valence-electron chi connectivity index (χ0n) is 11.8. The van der Waals surface area contributed by atoms with E-state index in [9.17, 15) is 9.59 Å². The van der Waals surface area contributed by atoms with Crippen molar-refractivity contribution in [2.24, 2.45) is 5.41 Å². The largest absolute Gasteiger partial charge is 0.509 e. The lowest BCUT2D eigenvalue weighted by atomic mass is 9.90. The van der Waals surface area contributed by atoms with E-state index in [-0.39, 0.29) is 13.2 Å². The van der Waals surface area contributed by atoms with Gasteiger partial charge in [0, 0.05) is 5.41 Å². The van der Waals surface area contributed by atoms with Gasteiger partial charge in [0.1, 0.15) is 13.2 Å². The van der Waals surface area contributed by atoms with Crippen molar-refractivity contribution in [3.05, 3.63) is 35.4 Å². The number of hydrogen-bond acceptors (Lipinski definition) is 5. The maximum atomic E-state index is 11.6. The first-order chi connectivity index (χ1) is 9.38. The van der Waals surface area contributed by atoms with Gasteiger partial charge in [0.25, 0.3) is 0 Å². The summed E-state index contributed by atoms with van der Waals surface area (Å²) >= 11 is 0. The van der Waals surface area contributed by atoms with Gasteiger partial charge in [0.15, 0.2) is 0 Å². The Kier molecular flexibility index (Phi) is 3.97. The van der Waals surface area contributed by atoms with Crippen molar-refractivity contribution in [3.8, 4) is 0 Å². The van der Waals surface area contributed by atoms with Crippen LogP contribution in [0, 0.1) is 12.3 Å². The van der Waals surface area contributed by atoms with Crippen molar-refractivity contribution in [2.75, 3.05) is 6.61 Å². The fraction of sp³-hybridized carbons (Fsp3) is 0.467. The molecule has 0 bridgehead atoms. The number of cyclic esters (lactones) is 1. The summed E-state index contributed by atoms with van der Waals surface area (Å²) < 4.78 is 14.9. The Morgan fingerprint density at radius 3 is 2.55 bits per heavy atom. The first-order valence-electron chi connectivity index (χ1n) is 6.44. The van der Waals surface area contributed by atoms with Crippen LogP contribution in [0.5, 0.6) is 0 Å². The molecule has 1 fully saturated rings. The average molecular weight is 278 g/mol. The van der Waals surface area contributed by atoms with E-state index in [1.54, 1.807) is 13.8 Å². The molecule has 0 radical (unpaired) electrons. The second-order valence-electron chi connectivity index (χ2n) is 5.62. The number of rotatable bonds is 3. The highest BCUT2D eigenvalue weighted by Crippen LogP contribution is 2.31. The molecule has 0 spiro atoms. The fourth-order valence-corrected chi connectivity index (χ4v) is 1.89. The quantitative estimate of drug-likeness (QED) is 0.795. The van der Waals surface area contributed by atoms with E-state index in [1.165, 1.54) is 0 Å². The Labute approximate surface area is 117 Å². The molecule has 0 N–H and O–H groups in total. The summed E-state index contributed by atoms with van der Waals surface area (Å²) in [5.41, 5.74) is 1.47. The third-order valence-electron chi connectivity index (χ3n) is 3.20. The predicted molar refractivity (Wildman–Crippen MR) is 71.0 cm³/mol. The summed E-state index contributed by atoms with van der Waals surface area (Å²) in [6.45, 7) is 5.93. The van der Waals surface area contributed by atoms with Crippen LogP contribution in [0.15, 0.2) is 24.3 Å². The number of carbonyl (C=O) groups is 2. The second-order valence-corrected chi connectivity index (χ2v) is 5.62. The first kappa shape index (κ1) is 14.4. The molecule has 0 aliphatic carbocycles. The molecular formula is C15H18O5. The standard InChI is InChI=1S/C15H18O5/c1-10-4-6-11(7-5-10)8-18-14(17)20-12-13(16)19-9-15(12,2)3/h4-7,12H,8-9H2,1-3H3/t12-/m0/s1. The van der Waals surface area contributed by atoms with Gasteiger partial charge in [-0.25, -0.2) is 9.59 Å². The summed E-state index contributed by atoms with van der Waals surface area (Å²) in [5.74, 6) is -0.526. The van der Waals surface area contributed by atoms with E-state index in [1.807, 2.05) is 31.2 Å². The molecule has 1 aromatic rings. The summed E-state index contributed by atoms with van der Waals surface area (Å²) in [5, 5.41) is 0. The topological polar surface area (TPSA) is 61.8 Å². The molecule has 0 amide bonds. The second kappa shape index (κ2) is 5.53. The zero-order valence-corrected chi connectivity index (χ0v) is 11.8. The molecule has 1 aromatic carbocycles. The third kappa shape index (κ3) is 3.29. The lowest BCUT2D eigenvalue weighted by Crippen LogP contribution is -2.35. The molecule has 5 nitrogen and oxygen atoms in total. The van der Waals surface area contributed by atoms with Gasteiger partial charge >= 0.3 is 12.1 Å². The van der Waals surface area contributed by atoms with Crippen molar-refractivity contribution in [3.63, 3.8) is 0 Å². The fourth-order valence-electron chi connectivity index (χ4n) is 1.89. The normalized spacial score (nSPS) is 20.4. The Hall–Kier alpha value is -2.04. The minimum absolute atomic E-state index is 0.112. The molecule has 1 saturated heterocycles. The van der Waals surface area contributed by atoms with Gasteiger partial charge in [-0.1, -0.05) is 43.7 Å². The number of ether oxygens (including phenoxy) is 3. The predicted octanol–water partition coefficient (Wildman–Crippen LogP) is 2.60. The van der Waals surface area contributed by atoms with Crippen LogP contribution >= 0.6 is 0 Å². The van der Waals surface area contributed by atoms with Crippen molar-refractivity contribution in [1.82, 2.24) is 0 Å². The molecule has 1 aliphatic rings. The van der Waals surface area contributed by atoms with Crippen LogP contribution < -0.4 is 0 Å². The molecular weight excluding hydrogens is 260 g/mol. The van der Waals surface area contributed by atoms with Crippen LogP contribution in [0.1, 0.15) is 25.0 Å². The van der Waals surface area contributed by atoms with Crippen molar-refractivity contribution in [2.45, 2.75) is 33.5 Å². The highest BCUT2D eigenvalue weighted by Gasteiger charge is 2.46. The van der Waals surface area contributed by atoms with E-state index >= 15 is 0 Å². The minimum Gasteiger partial charge on any atom is -0.462 e. The molecule has 1 aliphatic heterocycles. The van der Waals surface area contributed by atoms with Crippen molar-refractivity contribution >= 4 is 12.1 Å². The van der Waals surface area contributed by atoms with Crippen LogP contribution in [0.4, 0.5) is 4.79 Å². The molecule has 1 heterocycles. The number of aryl methyl sites for hydroxylation is 1. The van der Waals surface area contributed by atoms with Crippen LogP contribution in [0.25, 0.3) is 0 Å². The smallest absolute Gasteiger partial charge is 0.462 e. The molecule has 108 valence electrons. The van der Waals surface area contributed by atoms with Gasteiger partial charge in [-0.05, 0) is 12.5 Å². The van der Waals surface area contributed by atoms with Gasteiger partial charge < -0.3 is 14.2 Å². The van der Waals surface area contributed by atoms with E-state index in [4.69, 9.17) is 14.2 Å². The monoisotopic (exact) mass is 278 g/mol. The van der Waals surface area contributed by atoms with Gasteiger partial charge in [-0.15, -0.1) is 0 Å². The average Bonchev–Trinajstić information content (AvgIpc) is 2.65. The Balaban J connectivity index is 1.86. The van der Waals surface area contributed by atoms with E-state index < -0.39 is 23.6 Å². The number of hydrogen-bond donors (Lipinski definition) is 0. The number of esters is 1. The molecule has 20 heavy (non-hydrogen) atoms.